The van der Waals surface area contributed by atoms with Crippen molar-refractivity contribution in [1.82, 2.24) is 0 Å². The third kappa shape index (κ3) is 7.74. The van der Waals surface area contributed by atoms with Crippen LogP contribution in [0.5, 0.6) is 5.75 Å². The monoisotopic (exact) mass is 371 g/mol. The summed E-state index contributed by atoms with van der Waals surface area (Å²) in [5.41, 5.74) is -0.104. The number of carbonyl (C=O) groups excluding carboxylic acids is 1. The molecule has 10 nitrogen and oxygen atoms in total. The van der Waals surface area contributed by atoms with E-state index in [0.717, 1.165) is 0 Å². The molecule has 2 rings (SSSR count). The summed E-state index contributed by atoms with van der Waals surface area (Å²) in [6.07, 6.45) is -1.62. The third-order valence-corrected chi connectivity index (χ3v) is 3.24. The lowest BCUT2D eigenvalue weighted by Crippen LogP contribution is -2.30. The van der Waals surface area contributed by atoms with Crippen molar-refractivity contribution in [2.45, 2.75) is 6.10 Å². The number of benzene rings is 1. The fourth-order valence-corrected chi connectivity index (χ4v) is 2.00. The number of carbonyl (C=O) groups is 1. The minimum atomic E-state index is -0.951. The van der Waals surface area contributed by atoms with Crippen LogP contribution >= 0.6 is 0 Å². The van der Waals surface area contributed by atoms with Crippen molar-refractivity contribution in [3.05, 3.63) is 34.4 Å². The standard InChI is InChI=1S/C16H21NO9/c18-16(25-14-3-1-13(2-4-14)17(19)20)26-15-11-23-9-7-21-5-6-22-8-10-24-12-15/h1-4,15H,5-12H2. The molecule has 0 radical (unpaired) electrons. The molecule has 26 heavy (non-hydrogen) atoms. The van der Waals surface area contributed by atoms with Crippen molar-refractivity contribution in [1.29, 1.82) is 0 Å². The van der Waals surface area contributed by atoms with Crippen LogP contribution in [0.4, 0.5) is 10.5 Å². The second kappa shape index (κ2) is 11.4. The molecule has 0 N–H and O–H groups in total. The van der Waals surface area contributed by atoms with Crippen LogP contribution in [-0.4, -0.2) is 70.0 Å². The Morgan fingerprint density at radius 1 is 0.923 bits per heavy atom. The fraction of sp³-hybridized carbons (Fsp3) is 0.562. The van der Waals surface area contributed by atoms with Gasteiger partial charge in [-0.2, -0.15) is 0 Å². The number of hydrogen-bond acceptors (Lipinski definition) is 9. The van der Waals surface area contributed by atoms with Gasteiger partial charge in [0.15, 0.2) is 6.10 Å². The zero-order chi connectivity index (χ0) is 18.6. The molecule has 0 unspecified atom stereocenters. The van der Waals surface area contributed by atoms with Gasteiger partial charge in [-0.15, -0.1) is 0 Å². The van der Waals surface area contributed by atoms with E-state index in [1.807, 2.05) is 0 Å². The first kappa shape index (κ1) is 20.0. The molecule has 1 aromatic rings. The molecule has 0 aliphatic carbocycles. The molecule has 144 valence electrons. The number of nitrogens with zero attached hydrogens (tertiary/aromatic N) is 1. The van der Waals surface area contributed by atoms with Crippen molar-refractivity contribution in [2.75, 3.05) is 52.9 Å². The summed E-state index contributed by atoms with van der Waals surface area (Å²) in [6.45, 7) is 2.71. The summed E-state index contributed by atoms with van der Waals surface area (Å²) in [4.78, 5) is 22.0. The molecule has 10 heteroatoms. The molecule has 0 amide bonds. The Morgan fingerprint density at radius 2 is 1.42 bits per heavy atom. The lowest BCUT2D eigenvalue weighted by atomic mass is 10.3. The van der Waals surface area contributed by atoms with E-state index >= 15 is 0 Å². The van der Waals surface area contributed by atoms with Gasteiger partial charge < -0.3 is 28.4 Å². The van der Waals surface area contributed by atoms with Crippen LogP contribution < -0.4 is 4.74 Å². The lowest BCUT2D eigenvalue weighted by molar-refractivity contribution is -0.384. The Kier molecular flexibility index (Phi) is 8.76. The van der Waals surface area contributed by atoms with E-state index in [0.29, 0.717) is 39.6 Å². The van der Waals surface area contributed by atoms with Gasteiger partial charge in [0.1, 0.15) is 5.75 Å². The zero-order valence-corrected chi connectivity index (χ0v) is 14.2. The summed E-state index contributed by atoms with van der Waals surface area (Å²) >= 11 is 0. The molecule has 1 saturated heterocycles. The molecule has 1 fully saturated rings. The van der Waals surface area contributed by atoms with E-state index in [2.05, 4.69) is 0 Å². The van der Waals surface area contributed by atoms with E-state index in [1.54, 1.807) is 0 Å². The highest BCUT2D eigenvalue weighted by atomic mass is 16.7. The van der Waals surface area contributed by atoms with Gasteiger partial charge in [-0.3, -0.25) is 10.1 Å². The van der Waals surface area contributed by atoms with Gasteiger partial charge in [-0.25, -0.2) is 4.79 Å². The molecule has 1 aliphatic heterocycles. The summed E-state index contributed by atoms with van der Waals surface area (Å²) < 4.78 is 31.6. The Hall–Kier alpha value is -2.27. The first-order valence-corrected chi connectivity index (χ1v) is 8.09. The third-order valence-electron chi connectivity index (χ3n) is 3.24. The number of nitro groups is 1. The number of ether oxygens (including phenoxy) is 6. The number of nitro benzene ring substituents is 1. The Bertz CT molecular complexity index is 549. The van der Waals surface area contributed by atoms with E-state index < -0.39 is 17.2 Å². The lowest BCUT2D eigenvalue weighted by Gasteiger charge is -2.17. The van der Waals surface area contributed by atoms with Crippen molar-refractivity contribution in [3.63, 3.8) is 0 Å². The summed E-state index contributed by atoms with van der Waals surface area (Å²) in [6, 6.07) is 5.08. The normalized spacial score (nSPS) is 18.0. The van der Waals surface area contributed by atoms with Gasteiger partial charge in [0.25, 0.3) is 5.69 Å². The molecule has 1 aromatic carbocycles. The Balaban J connectivity index is 1.81. The molecule has 1 heterocycles. The van der Waals surface area contributed by atoms with Crippen LogP contribution in [0.2, 0.25) is 0 Å². The average Bonchev–Trinajstić information content (AvgIpc) is 2.64. The van der Waals surface area contributed by atoms with Crippen LogP contribution in [0, 0.1) is 10.1 Å². The minimum absolute atomic E-state index is 0.104. The van der Waals surface area contributed by atoms with Gasteiger partial charge in [-0.05, 0) is 12.1 Å². The SMILES string of the molecule is O=C(Oc1ccc([N+](=O)[O-])cc1)OC1COCCOCCOCCOC1. The summed E-state index contributed by atoms with van der Waals surface area (Å²) in [5, 5.41) is 10.6. The van der Waals surface area contributed by atoms with Crippen LogP contribution in [0.1, 0.15) is 0 Å². The van der Waals surface area contributed by atoms with Crippen molar-refractivity contribution >= 4 is 11.8 Å². The Labute approximate surface area is 150 Å². The van der Waals surface area contributed by atoms with Crippen LogP contribution in [-0.2, 0) is 23.7 Å². The van der Waals surface area contributed by atoms with Gasteiger partial charge in [-0.1, -0.05) is 0 Å². The minimum Gasteiger partial charge on any atom is -0.426 e. The first-order chi connectivity index (χ1) is 12.6. The molecular weight excluding hydrogens is 350 g/mol. The van der Waals surface area contributed by atoms with Gasteiger partial charge in [0, 0.05) is 12.1 Å². The molecule has 0 atom stereocenters. The van der Waals surface area contributed by atoms with Gasteiger partial charge in [0.2, 0.25) is 0 Å². The first-order valence-electron chi connectivity index (χ1n) is 8.09. The predicted molar refractivity (Wildman–Crippen MR) is 87.3 cm³/mol. The molecule has 0 bridgehead atoms. The quantitative estimate of drug-likeness (QED) is 0.338. The molecular formula is C16H21NO9. The second-order valence-electron chi connectivity index (χ2n) is 5.22. The summed E-state index contributed by atoms with van der Waals surface area (Å²) in [7, 11) is 0. The van der Waals surface area contributed by atoms with Crippen LogP contribution in [0.15, 0.2) is 24.3 Å². The van der Waals surface area contributed by atoms with Crippen LogP contribution in [0.3, 0.4) is 0 Å². The zero-order valence-electron chi connectivity index (χ0n) is 14.2. The average molecular weight is 371 g/mol. The maximum atomic E-state index is 11.9. The van der Waals surface area contributed by atoms with E-state index in [1.165, 1.54) is 24.3 Å². The fourth-order valence-electron chi connectivity index (χ4n) is 2.00. The molecule has 0 saturated carbocycles. The topological polar surface area (TPSA) is 116 Å². The van der Waals surface area contributed by atoms with E-state index in [9.17, 15) is 14.9 Å². The van der Waals surface area contributed by atoms with E-state index in [-0.39, 0.29) is 24.7 Å². The van der Waals surface area contributed by atoms with Crippen molar-refractivity contribution < 1.29 is 38.1 Å². The van der Waals surface area contributed by atoms with Gasteiger partial charge in [0.05, 0.1) is 57.8 Å². The molecule has 0 spiro atoms. The Morgan fingerprint density at radius 3 is 1.92 bits per heavy atom. The van der Waals surface area contributed by atoms with Gasteiger partial charge >= 0.3 is 6.16 Å². The smallest absolute Gasteiger partial charge is 0.426 e. The highest BCUT2D eigenvalue weighted by Crippen LogP contribution is 2.18. The van der Waals surface area contributed by atoms with Crippen molar-refractivity contribution in [3.8, 4) is 5.75 Å². The predicted octanol–water partition coefficient (Wildman–Crippen LogP) is 1.56. The van der Waals surface area contributed by atoms with Crippen LogP contribution in [0.25, 0.3) is 0 Å². The molecule has 0 aromatic heterocycles. The van der Waals surface area contributed by atoms with E-state index in [4.69, 9.17) is 28.4 Å². The number of rotatable bonds is 3. The van der Waals surface area contributed by atoms with Crippen molar-refractivity contribution in [2.24, 2.45) is 0 Å². The number of hydrogen-bond donors (Lipinski definition) is 0. The second-order valence-corrected chi connectivity index (χ2v) is 5.22. The maximum absolute atomic E-state index is 11.9. The number of non-ortho nitro benzene ring substituents is 1. The largest absolute Gasteiger partial charge is 0.514 e. The highest BCUT2D eigenvalue weighted by molar-refractivity contribution is 5.64. The maximum Gasteiger partial charge on any atom is 0.514 e. The highest BCUT2D eigenvalue weighted by Gasteiger charge is 2.18. The summed E-state index contributed by atoms with van der Waals surface area (Å²) in [5.74, 6) is 0.133. The molecule has 1 aliphatic rings.